The molecule has 3 nitrogen and oxygen atoms in total. The van der Waals surface area contributed by atoms with Crippen LogP contribution >= 0.6 is 0 Å². The molecule has 3 heteroatoms. The van der Waals surface area contributed by atoms with Crippen LogP contribution in [0.3, 0.4) is 0 Å². The van der Waals surface area contributed by atoms with E-state index in [9.17, 15) is 9.59 Å². The smallest absolute Gasteiger partial charge is 0.331 e. The Kier molecular flexibility index (Phi) is 6.44. The molecule has 0 aromatic carbocycles. The van der Waals surface area contributed by atoms with E-state index < -0.39 is 30.0 Å². The number of allylic oxidation sites excluding steroid dienone is 9. The topological polar surface area (TPSA) is 43.4 Å². The molecule has 0 radical (unpaired) electrons. The summed E-state index contributed by atoms with van der Waals surface area (Å²) in [5.74, 6) is -0.739. The highest BCUT2D eigenvalue weighted by Crippen LogP contribution is 2.40. The summed E-state index contributed by atoms with van der Waals surface area (Å²) in [5, 5.41) is 0. The first-order chi connectivity index (χ1) is 15.3. The monoisotopic (exact) mass is 403 g/mol. The number of hydrogen-bond donors (Lipinski definition) is 0. The molecule has 0 fully saturated rings. The molecule has 0 heterocycles. The number of carbonyl (C=O) groups is 2. The van der Waals surface area contributed by atoms with Crippen molar-refractivity contribution in [3.8, 4) is 0 Å². The van der Waals surface area contributed by atoms with E-state index in [1.165, 1.54) is 6.08 Å². The summed E-state index contributed by atoms with van der Waals surface area (Å²) in [6, 6.07) is 0. The van der Waals surface area contributed by atoms with Crippen molar-refractivity contribution < 1.29 is 21.2 Å². The van der Waals surface area contributed by atoms with Gasteiger partial charge in [0.05, 0.1) is 0 Å². The summed E-state index contributed by atoms with van der Waals surface area (Å²) in [5.41, 5.74) is 0.875. The van der Waals surface area contributed by atoms with Gasteiger partial charge >= 0.3 is 5.97 Å². The number of Topliss-reactive ketones (excluding diaryl/α,β-unsaturated/α-hetero) is 1. The molecule has 0 N–H and O–H groups in total. The van der Waals surface area contributed by atoms with Crippen LogP contribution in [0.15, 0.2) is 58.7 Å². The van der Waals surface area contributed by atoms with Crippen LogP contribution in [0.2, 0.25) is 0 Å². The first-order valence-corrected chi connectivity index (χ1v) is 9.94. The lowest BCUT2D eigenvalue weighted by atomic mass is 9.72. The van der Waals surface area contributed by atoms with Crippen molar-refractivity contribution in [1.29, 1.82) is 0 Å². The summed E-state index contributed by atoms with van der Waals surface area (Å²) < 4.78 is 45.2. The summed E-state index contributed by atoms with van der Waals surface area (Å²) >= 11 is 0. The molecule has 0 spiro atoms. The van der Waals surface area contributed by atoms with Gasteiger partial charge in [0.15, 0.2) is 12.4 Å². The number of rotatable bonds is 7. The van der Waals surface area contributed by atoms with Gasteiger partial charge in [0, 0.05) is 18.3 Å². The lowest BCUT2D eigenvalue weighted by Gasteiger charge is -2.32. The predicted octanol–water partition coefficient (Wildman–Crippen LogP) is 6.68. The molecule has 0 bridgehead atoms. The van der Waals surface area contributed by atoms with Crippen LogP contribution in [-0.4, -0.2) is 18.4 Å². The average molecular weight is 404 g/mol. The second-order valence-electron chi connectivity index (χ2n) is 9.12. The molecule has 0 aromatic heterocycles. The minimum absolute atomic E-state index is 0.113. The van der Waals surface area contributed by atoms with Gasteiger partial charge in [-0.2, -0.15) is 0 Å². The Bertz CT molecular complexity index is 936. The maximum Gasteiger partial charge on any atom is 0.331 e. The van der Waals surface area contributed by atoms with Crippen molar-refractivity contribution >= 4 is 11.8 Å². The summed E-state index contributed by atoms with van der Waals surface area (Å²) in [6.07, 6.45) is 8.96. The predicted molar refractivity (Wildman–Crippen MR) is 122 cm³/mol. The van der Waals surface area contributed by atoms with Crippen LogP contribution in [0.5, 0.6) is 0 Å². The third-order valence-electron chi connectivity index (χ3n) is 4.81. The van der Waals surface area contributed by atoms with E-state index in [-0.39, 0.29) is 24.4 Å². The molecule has 0 aromatic rings. The minimum Gasteiger partial charge on any atom is -0.454 e. The van der Waals surface area contributed by atoms with Crippen molar-refractivity contribution in [3.05, 3.63) is 58.7 Å². The largest absolute Gasteiger partial charge is 0.454 e. The van der Waals surface area contributed by atoms with Gasteiger partial charge < -0.3 is 4.74 Å². The Hall–Kier alpha value is -2.16. The van der Waals surface area contributed by atoms with Gasteiger partial charge in [0.25, 0.3) is 0 Å². The molecular formula is C26H38O3. The van der Waals surface area contributed by atoms with E-state index in [2.05, 4.69) is 0 Å². The molecule has 160 valence electrons. The van der Waals surface area contributed by atoms with Gasteiger partial charge in [0.2, 0.25) is 0 Å². The van der Waals surface area contributed by atoms with Gasteiger partial charge in [-0.25, -0.2) is 4.79 Å². The molecule has 0 aliphatic heterocycles. The number of carbonyl (C=O) groups excluding carboxylic acids is 2. The highest BCUT2D eigenvalue weighted by atomic mass is 16.5. The normalized spacial score (nSPS) is 23.3. The zero-order chi connectivity index (χ0) is 26.5. The van der Waals surface area contributed by atoms with Crippen molar-refractivity contribution in [1.82, 2.24) is 0 Å². The lowest BCUT2D eigenvalue weighted by Crippen LogP contribution is -2.26. The molecule has 0 saturated heterocycles. The Labute approximate surface area is 184 Å². The Balaban J connectivity index is 2.98. The van der Waals surface area contributed by atoms with Crippen molar-refractivity contribution in [2.75, 3.05) is 6.61 Å². The van der Waals surface area contributed by atoms with Gasteiger partial charge in [0.1, 0.15) is 0 Å². The molecule has 0 saturated carbocycles. The van der Waals surface area contributed by atoms with E-state index in [0.717, 1.165) is 5.57 Å². The van der Waals surface area contributed by atoms with E-state index >= 15 is 0 Å². The quantitative estimate of drug-likeness (QED) is 0.271. The van der Waals surface area contributed by atoms with Gasteiger partial charge in [-0.3, -0.25) is 4.79 Å². The van der Waals surface area contributed by atoms with Crippen LogP contribution in [0.25, 0.3) is 0 Å². The highest BCUT2D eigenvalue weighted by molar-refractivity contribution is 5.89. The summed E-state index contributed by atoms with van der Waals surface area (Å²) in [7, 11) is 0. The first kappa shape index (κ1) is 17.7. The Morgan fingerprint density at radius 2 is 1.90 bits per heavy atom. The average Bonchev–Trinajstić information content (AvgIpc) is 2.64. The van der Waals surface area contributed by atoms with Crippen molar-refractivity contribution in [3.63, 3.8) is 0 Å². The SMILES string of the molecule is [2H]C([2H])([2H])C1=C(/C=C/C(C)=C/C=C/C(C)=C/C(=O)OCC(=O)C(C)(C)C)C(C)(C)CCC1([2H])[2H]. The fourth-order valence-electron chi connectivity index (χ4n) is 2.63. The third-order valence-corrected chi connectivity index (χ3v) is 4.81. The molecule has 0 amide bonds. The van der Waals surface area contributed by atoms with Gasteiger partial charge in [-0.1, -0.05) is 76.1 Å². The number of hydrogen-bond acceptors (Lipinski definition) is 3. The minimum atomic E-state index is -2.51. The van der Waals surface area contributed by atoms with Crippen LogP contribution < -0.4 is 0 Å². The van der Waals surface area contributed by atoms with Gasteiger partial charge in [-0.15, -0.1) is 0 Å². The lowest BCUT2D eigenvalue weighted by molar-refractivity contribution is -0.145. The zero-order valence-electron chi connectivity index (χ0n) is 23.8. The molecule has 1 aliphatic carbocycles. The van der Waals surface area contributed by atoms with E-state index in [1.807, 2.05) is 26.8 Å². The van der Waals surface area contributed by atoms with Gasteiger partial charge in [-0.05, 0) is 56.5 Å². The molecular weight excluding hydrogens is 360 g/mol. The van der Waals surface area contributed by atoms with Crippen LogP contribution in [0, 0.1) is 10.8 Å². The molecule has 0 atom stereocenters. The van der Waals surface area contributed by atoms with Crippen molar-refractivity contribution in [2.45, 2.75) is 74.5 Å². The van der Waals surface area contributed by atoms with E-state index in [0.29, 0.717) is 17.6 Å². The zero-order valence-corrected chi connectivity index (χ0v) is 18.8. The summed E-state index contributed by atoms with van der Waals surface area (Å²) in [4.78, 5) is 23.7. The fraction of sp³-hybridized carbons (Fsp3) is 0.538. The molecule has 29 heavy (non-hydrogen) atoms. The first-order valence-electron chi connectivity index (χ1n) is 12.4. The second-order valence-corrected chi connectivity index (χ2v) is 9.12. The highest BCUT2D eigenvalue weighted by Gasteiger charge is 2.26. The number of esters is 1. The molecule has 0 unspecified atom stereocenters. The Morgan fingerprint density at radius 3 is 2.52 bits per heavy atom. The molecule has 1 aliphatic rings. The molecule has 1 rings (SSSR count). The standard InChI is InChI=1S/C26H38O3/c1-19(14-15-22-21(3)13-10-16-26(22,7)8)11-9-12-20(2)17-24(28)29-18-23(27)25(4,5)6/h9,11-12,14-15,17H,10,13,16,18H2,1-8H3/b12-9+,15-14+,19-11+,20-17+/i3D3,13D2. The fourth-order valence-corrected chi connectivity index (χ4v) is 2.63. The van der Waals surface area contributed by atoms with Crippen molar-refractivity contribution in [2.24, 2.45) is 10.8 Å². The third kappa shape index (κ3) is 8.81. The maximum atomic E-state index is 11.9. The Morgan fingerprint density at radius 1 is 1.21 bits per heavy atom. The second kappa shape index (κ2) is 10.6. The number of ether oxygens (including phenoxy) is 1. The summed E-state index contributed by atoms with van der Waals surface area (Å²) in [6.45, 7) is 10.00. The maximum absolute atomic E-state index is 11.9. The van der Waals surface area contributed by atoms with Crippen LogP contribution in [-0.2, 0) is 14.3 Å². The van der Waals surface area contributed by atoms with E-state index in [4.69, 9.17) is 11.6 Å². The van der Waals surface area contributed by atoms with Crippen LogP contribution in [0.4, 0.5) is 0 Å². The van der Waals surface area contributed by atoms with E-state index in [1.54, 1.807) is 52.0 Å². The van der Waals surface area contributed by atoms with Crippen LogP contribution in [0.1, 0.15) is 81.4 Å². The number of ketones is 1.